The Bertz CT molecular complexity index is 473. The van der Waals surface area contributed by atoms with Gasteiger partial charge in [0.05, 0.1) is 0 Å². The number of fused-ring (bicyclic) bond motifs is 2. The van der Waals surface area contributed by atoms with Gasteiger partial charge < -0.3 is 4.90 Å². The maximum Gasteiger partial charge on any atom is 0.331 e. The van der Waals surface area contributed by atoms with Crippen molar-refractivity contribution in [1.29, 1.82) is 0 Å². The third kappa shape index (κ3) is 2.15. The van der Waals surface area contributed by atoms with Crippen molar-refractivity contribution in [3.05, 3.63) is 17.7 Å². The molecule has 3 heterocycles. The van der Waals surface area contributed by atoms with E-state index in [1.807, 2.05) is 4.90 Å². The molecule has 2 atom stereocenters. The minimum Gasteiger partial charge on any atom is -0.315 e. The summed E-state index contributed by atoms with van der Waals surface area (Å²) in [5, 5.41) is 0.246. The van der Waals surface area contributed by atoms with E-state index in [0.717, 1.165) is 25.9 Å². The van der Waals surface area contributed by atoms with E-state index in [1.165, 1.54) is 4.57 Å². The molecular formula is C13H19ClN4O. The summed E-state index contributed by atoms with van der Waals surface area (Å²) in [6.45, 7) is 6.35. The van der Waals surface area contributed by atoms with Crippen LogP contribution in [0.25, 0.3) is 0 Å². The van der Waals surface area contributed by atoms with Gasteiger partial charge in [0.25, 0.3) is 0 Å². The van der Waals surface area contributed by atoms with Gasteiger partial charge in [0.1, 0.15) is 0 Å². The summed E-state index contributed by atoms with van der Waals surface area (Å²) in [7, 11) is 0. The molecule has 0 saturated carbocycles. The van der Waals surface area contributed by atoms with Gasteiger partial charge in [-0.3, -0.25) is 4.90 Å². The lowest BCUT2D eigenvalue weighted by Gasteiger charge is -2.42. The number of carbonyl (C=O) groups is 1. The molecule has 0 aliphatic carbocycles. The van der Waals surface area contributed by atoms with Gasteiger partial charge in [-0.1, -0.05) is 0 Å². The van der Waals surface area contributed by atoms with E-state index in [4.69, 9.17) is 11.6 Å². The average Bonchev–Trinajstić information content (AvgIpc) is 2.90. The van der Waals surface area contributed by atoms with Gasteiger partial charge in [0.2, 0.25) is 5.28 Å². The van der Waals surface area contributed by atoms with E-state index in [1.54, 1.807) is 12.4 Å². The third-order valence-electron chi connectivity index (χ3n) is 4.26. The molecule has 0 spiro atoms. The Balaban J connectivity index is 1.81. The molecule has 2 aliphatic heterocycles. The molecule has 1 aromatic rings. The third-order valence-corrected chi connectivity index (χ3v) is 4.54. The molecule has 2 bridgehead atoms. The predicted molar refractivity (Wildman–Crippen MR) is 73.4 cm³/mol. The maximum atomic E-state index is 12.6. The zero-order valence-electron chi connectivity index (χ0n) is 11.3. The molecule has 5 nitrogen and oxygen atoms in total. The van der Waals surface area contributed by atoms with Crippen LogP contribution in [0.4, 0.5) is 4.79 Å². The fourth-order valence-electron chi connectivity index (χ4n) is 3.22. The van der Waals surface area contributed by atoms with Crippen LogP contribution < -0.4 is 0 Å². The van der Waals surface area contributed by atoms with Crippen LogP contribution in [-0.4, -0.2) is 56.6 Å². The van der Waals surface area contributed by atoms with E-state index in [9.17, 15) is 4.79 Å². The first kappa shape index (κ1) is 12.9. The largest absolute Gasteiger partial charge is 0.331 e. The van der Waals surface area contributed by atoms with Crippen molar-refractivity contribution in [3.8, 4) is 0 Å². The second-order valence-electron chi connectivity index (χ2n) is 5.69. The quantitative estimate of drug-likeness (QED) is 0.792. The Hall–Kier alpha value is -1.07. The number of rotatable bonds is 1. The van der Waals surface area contributed by atoms with Crippen molar-refractivity contribution >= 4 is 17.6 Å². The molecule has 1 aromatic heterocycles. The molecule has 0 radical (unpaired) electrons. The van der Waals surface area contributed by atoms with E-state index < -0.39 is 0 Å². The summed E-state index contributed by atoms with van der Waals surface area (Å²) < 4.78 is 1.44. The average molecular weight is 283 g/mol. The van der Waals surface area contributed by atoms with Gasteiger partial charge in [0, 0.05) is 43.6 Å². The van der Waals surface area contributed by atoms with Crippen molar-refractivity contribution < 1.29 is 4.79 Å². The SMILES string of the molecule is CC(C)N1CC2CCC(C1)N2C(=O)n1ccnc1Cl. The lowest BCUT2D eigenvalue weighted by Crippen LogP contribution is -2.58. The first-order chi connectivity index (χ1) is 9.08. The Labute approximate surface area is 118 Å². The first-order valence-electron chi connectivity index (χ1n) is 6.83. The van der Waals surface area contributed by atoms with Gasteiger partial charge in [0.15, 0.2) is 0 Å². The Morgan fingerprint density at radius 2 is 2.00 bits per heavy atom. The number of hydrogen-bond acceptors (Lipinski definition) is 3. The van der Waals surface area contributed by atoms with E-state index in [2.05, 4.69) is 23.7 Å². The highest BCUT2D eigenvalue weighted by Crippen LogP contribution is 2.32. The summed E-state index contributed by atoms with van der Waals surface area (Å²) in [6, 6.07) is 1.13. The van der Waals surface area contributed by atoms with Crippen molar-refractivity contribution in [2.24, 2.45) is 0 Å². The molecule has 2 aliphatic rings. The Morgan fingerprint density at radius 3 is 2.47 bits per heavy atom. The number of imidazole rings is 1. The molecule has 2 saturated heterocycles. The van der Waals surface area contributed by atoms with Crippen LogP contribution in [0.2, 0.25) is 5.28 Å². The Morgan fingerprint density at radius 1 is 1.37 bits per heavy atom. The van der Waals surface area contributed by atoms with E-state index >= 15 is 0 Å². The molecule has 2 unspecified atom stereocenters. The standard InChI is InChI=1S/C13H19ClN4O/c1-9(2)16-7-10-3-4-11(8-16)18(10)13(19)17-6-5-15-12(17)14/h5-6,9-11H,3-4,7-8H2,1-2H3. The van der Waals surface area contributed by atoms with E-state index in [0.29, 0.717) is 18.1 Å². The van der Waals surface area contributed by atoms with Crippen molar-refractivity contribution in [2.75, 3.05) is 13.1 Å². The van der Waals surface area contributed by atoms with Crippen LogP contribution in [0.15, 0.2) is 12.4 Å². The van der Waals surface area contributed by atoms with Gasteiger partial charge in [-0.25, -0.2) is 14.3 Å². The minimum atomic E-state index is -0.0293. The Kier molecular flexibility index (Phi) is 3.27. The zero-order valence-corrected chi connectivity index (χ0v) is 12.0. The number of hydrogen-bond donors (Lipinski definition) is 0. The molecule has 19 heavy (non-hydrogen) atoms. The van der Waals surface area contributed by atoms with Gasteiger partial charge in [-0.2, -0.15) is 0 Å². The summed E-state index contributed by atoms with van der Waals surface area (Å²) in [6.07, 6.45) is 5.38. The molecule has 104 valence electrons. The highest BCUT2D eigenvalue weighted by atomic mass is 35.5. The van der Waals surface area contributed by atoms with Crippen LogP contribution in [0.3, 0.4) is 0 Å². The highest BCUT2D eigenvalue weighted by molar-refractivity contribution is 6.29. The molecule has 3 rings (SSSR count). The number of nitrogens with zero attached hydrogens (tertiary/aromatic N) is 4. The molecule has 1 amide bonds. The van der Waals surface area contributed by atoms with Crippen LogP contribution in [0, 0.1) is 0 Å². The predicted octanol–water partition coefficient (Wildman–Crippen LogP) is 2.06. The lowest BCUT2D eigenvalue weighted by molar-refractivity contribution is 0.0711. The fraction of sp³-hybridized carbons (Fsp3) is 0.692. The second kappa shape index (κ2) is 4.80. The lowest BCUT2D eigenvalue weighted by atomic mass is 10.1. The second-order valence-corrected chi connectivity index (χ2v) is 6.03. The summed E-state index contributed by atoms with van der Waals surface area (Å²) in [4.78, 5) is 20.9. The number of halogens is 1. The molecule has 2 fully saturated rings. The van der Waals surface area contributed by atoms with Crippen LogP contribution >= 0.6 is 11.6 Å². The normalized spacial score (nSPS) is 27.3. The molecule has 0 aromatic carbocycles. The summed E-state index contributed by atoms with van der Waals surface area (Å²) >= 11 is 5.94. The molecular weight excluding hydrogens is 264 g/mol. The smallest absolute Gasteiger partial charge is 0.315 e. The number of carbonyl (C=O) groups excluding carboxylic acids is 1. The number of piperazine rings is 1. The highest BCUT2D eigenvalue weighted by Gasteiger charge is 2.43. The van der Waals surface area contributed by atoms with Crippen molar-refractivity contribution in [1.82, 2.24) is 19.4 Å². The molecule has 0 N–H and O–H groups in total. The zero-order chi connectivity index (χ0) is 13.6. The minimum absolute atomic E-state index is 0.0293. The number of amides is 1. The monoisotopic (exact) mass is 282 g/mol. The van der Waals surface area contributed by atoms with Crippen LogP contribution in [0.5, 0.6) is 0 Å². The van der Waals surface area contributed by atoms with Gasteiger partial charge in [-0.05, 0) is 38.3 Å². The fourth-order valence-corrected chi connectivity index (χ4v) is 3.41. The molecule has 6 heteroatoms. The van der Waals surface area contributed by atoms with Crippen molar-refractivity contribution in [3.63, 3.8) is 0 Å². The topological polar surface area (TPSA) is 41.4 Å². The van der Waals surface area contributed by atoms with Crippen LogP contribution in [0.1, 0.15) is 26.7 Å². The van der Waals surface area contributed by atoms with Gasteiger partial charge >= 0.3 is 6.03 Å². The van der Waals surface area contributed by atoms with Crippen LogP contribution in [-0.2, 0) is 0 Å². The number of aromatic nitrogens is 2. The maximum absolute atomic E-state index is 12.6. The van der Waals surface area contributed by atoms with Gasteiger partial charge in [-0.15, -0.1) is 0 Å². The van der Waals surface area contributed by atoms with Crippen molar-refractivity contribution in [2.45, 2.75) is 44.8 Å². The number of likely N-dealkylation sites (tertiary alicyclic amines) is 1. The van der Waals surface area contributed by atoms with E-state index in [-0.39, 0.29) is 11.3 Å². The summed E-state index contributed by atoms with van der Waals surface area (Å²) in [5.41, 5.74) is 0. The summed E-state index contributed by atoms with van der Waals surface area (Å²) in [5.74, 6) is 0. The first-order valence-corrected chi connectivity index (χ1v) is 7.21.